The molecule has 0 unspecified atom stereocenters. The first-order valence-electron chi connectivity index (χ1n) is 15.2. The number of methoxy groups -OCH3 is 1. The van der Waals surface area contributed by atoms with Crippen molar-refractivity contribution in [2.75, 3.05) is 44.0 Å². The molecule has 0 saturated heterocycles. The van der Waals surface area contributed by atoms with Gasteiger partial charge >= 0.3 is 0 Å². The maximum absolute atomic E-state index is 15.3. The van der Waals surface area contributed by atoms with E-state index >= 15 is 4.39 Å². The zero-order valence-electron chi connectivity index (χ0n) is 26.1. The summed E-state index contributed by atoms with van der Waals surface area (Å²) in [7, 11) is 1.56. The third kappa shape index (κ3) is 7.01. The van der Waals surface area contributed by atoms with Crippen molar-refractivity contribution in [3.05, 3.63) is 78.2 Å². The monoisotopic (exact) mass is 614 g/mol. The normalized spacial score (nSPS) is 13.6. The van der Waals surface area contributed by atoms with Crippen molar-refractivity contribution in [1.29, 1.82) is 0 Å². The number of nitrogens with zero attached hydrogens (tertiary/aromatic N) is 2. The summed E-state index contributed by atoms with van der Waals surface area (Å²) in [5.74, 6) is -0.0893. The second-order valence-electron chi connectivity index (χ2n) is 11.2. The summed E-state index contributed by atoms with van der Waals surface area (Å²) in [6, 6.07) is 16.7. The minimum atomic E-state index is -1.21. The van der Waals surface area contributed by atoms with Gasteiger partial charge in [0, 0.05) is 41.6 Å². The first-order valence-corrected chi connectivity index (χ1v) is 15.2. The second kappa shape index (κ2) is 13.9. The molecule has 45 heavy (non-hydrogen) atoms. The topological polar surface area (TPSA) is 102 Å². The number of amides is 2. The summed E-state index contributed by atoms with van der Waals surface area (Å²) in [6.07, 6.45) is 3.17. The van der Waals surface area contributed by atoms with E-state index in [1.807, 2.05) is 19.1 Å². The molecule has 2 amide bonds. The van der Waals surface area contributed by atoms with E-state index in [0.717, 1.165) is 31.6 Å². The van der Waals surface area contributed by atoms with Gasteiger partial charge in [0.15, 0.2) is 23.1 Å². The number of anilines is 2. The van der Waals surface area contributed by atoms with Crippen LogP contribution in [0.4, 0.5) is 15.8 Å². The molecule has 0 atom stereocenters. The predicted octanol–water partition coefficient (Wildman–Crippen LogP) is 6.95. The fourth-order valence-corrected chi connectivity index (χ4v) is 5.32. The molecule has 1 fully saturated rings. The van der Waals surface area contributed by atoms with E-state index in [1.165, 1.54) is 12.1 Å². The Hall–Kier alpha value is -4.70. The molecule has 0 aliphatic heterocycles. The van der Waals surface area contributed by atoms with Crippen LogP contribution in [0, 0.1) is 18.2 Å². The molecule has 0 spiro atoms. The van der Waals surface area contributed by atoms with Gasteiger partial charge in [0.1, 0.15) is 17.8 Å². The predicted molar refractivity (Wildman–Crippen MR) is 173 cm³/mol. The first-order chi connectivity index (χ1) is 21.8. The molecule has 10 heteroatoms. The maximum atomic E-state index is 15.3. The van der Waals surface area contributed by atoms with E-state index in [1.54, 1.807) is 49.7 Å². The summed E-state index contributed by atoms with van der Waals surface area (Å²) < 4.78 is 32.9. The molecule has 1 heterocycles. The Balaban J connectivity index is 1.29. The van der Waals surface area contributed by atoms with Crippen LogP contribution in [0.3, 0.4) is 0 Å². The lowest BCUT2D eigenvalue weighted by atomic mass is 9.67. The zero-order valence-corrected chi connectivity index (χ0v) is 26.1. The summed E-state index contributed by atoms with van der Waals surface area (Å²) >= 11 is 0. The molecule has 4 aromatic rings. The molecular weight excluding hydrogens is 575 g/mol. The van der Waals surface area contributed by atoms with E-state index < -0.39 is 17.1 Å². The Kier molecular flexibility index (Phi) is 9.83. The number of ether oxygens (including phenoxy) is 3. The highest BCUT2D eigenvalue weighted by atomic mass is 19.1. The van der Waals surface area contributed by atoms with Gasteiger partial charge in [-0.1, -0.05) is 38.0 Å². The average molecular weight is 615 g/mol. The van der Waals surface area contributed by atoms with Crippen LogP contribution < -0.4 is 24.8 Å². The quantitative estimate of drug-likeness (QED) is 0.157. The number of halogens is 1. The number of aromatic nitrogens is 1. The fraction of sp³-hybridized carbons (Fsp3) is 0.343. The summed E-state index contributed by atoms with van der Waals surface area (Å²) in [6.45, 7) is 9.32. The van der Waals surface area contributed by atoms with Gasteiger partial charge in [-0.05, 0) is 69.3 Å². The number of hydrogen-bond acceptors (Lipinski definition) is 7. The second-order valence-corrected chi connectivity index (χ2v) is 11.2. The number of hydrogen-bond donors (Lipinski definition) is 2. The van der Waals surface area contributed by atoms with Gasteiger partial charge in [-0.3, -0.25) is 14.6 Å². The summed E-state index contributed by atoms with van der Waals surface area (Å²) in [4.78, 5) is 33.1. The highest BCUT2D eigenvalue weighted by molar-refractivity contribution is 6.15. The van der Waals surface area contributed by atoms with Gasteiger partial charge in [0.05, 0.1) is 12.6 Å². The number of nitrogens with one attached hydrogen (secondary N) is 2. The molecule has 2 N–H and O–H groups in total. The largest absolute Gasteiger partial charge is 0.493 e. The lowest BCUT2D eigenvalue weighted by molar-refractivity contribution is -0.142. The van der Waals surface area contributed by atoms with Crippen molar-refractivity contribution < 1.29 is 28.2 Å². The van der Waals surface area contributed by atoms with Gasteiger partial charge in [-0.2, -0.15) is 0 Å². The first kappa shape index (κ1) is 31.7. The van der Waals surface area contributed by atoms with Crippen molar-refractivity contribution in [3.8, 4) is 23.0 Å². The minimum absolute atomic E-state index is 0.0329. The van der Waals surface area contributed by atoms with E-state index in [4.69, 9.17) is 14.2 Å². The number of benzene rings is 3. The Morgan fingerprint density at radius 2 is 1.58 bits per heavy atom. The Bertz CT molecular complexity index is 1670. The maximum Gasteiger partial charge on any atom is 0.240 e. The van der Waals surface area contributed by atoms with Crippen molar-refractivity contribution in [2.24, 2.45) is 5.41 Å². The summed E-state index contributed by atoms with van der Waals surface area (Å²) in [5.41, 5.74) is 1.31. The van der Waals surface area contributed by atoms with Crippen molar-refractivity contribution in [3.63, 3.8) is 0 Å². The Labute approximate surface area is 262 Å². The number of pyridine rings is 1. The van der Waals surface area contributed by atoms with E-state index in [2.05, 4.69) is 34.4 Å². The van der Waals surface area contributed by atoms with E-state index in [-0.39, 0.29) is 17.3 Å². The van der Waals surface area contributed by atoms with Crippen molar-refractivity contribution in [1.82, 2.24) is 9.88 Å². The molecule has 3 aromatic carbocycles. The van der Waals surface area contributed by atoms with Crippen LogP contribution in [0.5, 0.6) is 23.0 Å². The van der Waals surface area contributed by atoms with Crippen LogP contribution >= 0.6 is 0 Å². The van der Waals surface area contributed by atoms with Gasteiger partial charge < -0.3 is 29.7 Å². The van der Waals surface area contributed by atoms with Gasteiger partial charge in [0.2, 0.25) is 11.8 Å². The van der Waals surface area contributed by atoms with Crippen LogP contribution in [0.2, 0.25) is 0 Å². The SMILES string of the molecule is CCN(CC)CCOc1cc2nccc(Oc3ccc(NC(=O)C4(C(=O)Nc5ccc(C)cc5)CCC4)cc3F)c2cc1OC. The fourth-order valence-electron chi connectivity index (χ4n) is 5.32. The minimum Gasteiger partial charge on any atom is -0.493 e. The van der Waals surface area contributed by atoms with Crippen LogP contribution in [0.1, 0.15) is 38.7 Å². The van der Waals surface area contributed by atoms with Crippen LogP contribution in [0.15, 0.2) is 66.9 Å². The van der Waals surface area contributed by atoms with Crippen LogP contribution in [-0.4, -0.2) is 55.0 Å². The summed E-state index contributed by atoms with van der Waals surface area (Å²) in [5, 5.41) is 6.21. The number of aryl methyl sites for hydroxylation is 1. The molecule has 0 radical (unpaired) electrons. The lowest BCUT2D eigenvalue weighted by Crippen LogP contribution is -2.50. The molecular formula is C35H39FN4O5. The molecule has 236 valence electrons. The van der Waals surface area contributed by atoms with Gasteiger partial charge in [0.25, 0.3) is 0 Å². The van der Waals surface area contributed by atoms with Gasteiger partial charge in [-0.15, -0.1) is 0 Å². The number of carbonyl (C=O) groups excluding carboxylic acids is 2. The van der Waals surface area contributed by atoms with Crippen molar-refractivity contribution in [2.45, 2.75) is 40.0 Å². The van der Waals surface area contributed by atoms with E-state index in [9.17, 15) is 9.59 Å². The van der Waals surface area contributed by atoms with E-state index in [0.29, 0.717) is 53.3 Å². The average Bonchev–Trinajstić information content (AvgIpc) is 3.01. The van der Waals surface area contributed by atoms with Crippen molar-refractivity contribution >= 4 is 34.1 Å². The number of likely N-dealkylation sites (N-methyl/N-ethyl adjacent to an activating group) is 1. The molecule has 5 rings (SSSR count). The molecule has 9 nitrogen and oxygen atoms in total. The van der Waals surface area contributed by atoms with Gasteiger partial charge in [-0.25, -0.2) is 4.39 Å². The molecule has 1 aliphatic carbocycles. The Morgan fingerprint density at radius 3 is 2.20 bits per heavy atom. The third-order valence-electron chi connectivity index (χ3n) is 8.34. The number of fused-ring (bicyclic) bond motifs is 1. The lowest BCUT2D eigenvalue weighted by Gasteiger charge is -2.38. The zero-order chi connectivity index (χ0) is 32.0. The highest BCUT2D eigenvalue weighted by Gasteiger charge is 2.50. The van der Waals surface area contributed by atoms with Crippen LogP contribution in [0.25, 0.3) is 10.9 Å². The number of carbonyl (C=O) groups is 2. The molecule has 0 bridgehead atoms. The van der Waals surface area contributed by atoms with Crippen LogP contribution in [-0.2, 0) is 9.59 Å². The standard InChI is InChI=1S/C35H39FN4O5/c1-5-40(6-2)18-19-44-32-22-28-26(21-31(32)43-4)29(14-17-37-28)45-30-13-12-25(20-27(30)36)39-34(42)35(15-7-16-35)33(41)38-24-10-8-23(3)9-11-24/h8-14,17,20-22H,5-7,15-16,18-19H2,1-4H3,(H,38,41)(H,39,42). The third-order valence-corrected chi connectivity index (χ3v) is 8.34. The smallest absolute Gasteiger partial charge is 0.240 e. The molecule has 1 aliphatic rings. The Morgan fingerprint density at radius 1 is 0.889 bits per heavy atom. The molecule has 1 saturated carbocycles. The highest BCUT2D eigenvalue weighted by Crippen LogP contribution is 2.43. The number of rotatable bonds is 13. The molecule has 1 aromatic heterocycles.